The summed E-state index contributed by atoms with van der Waals surface area (Å²) in [5.74, 6) is 0. The summed E-state index contributed by atoms with van der Waals surface area (Å²) in [5.41, 5.74) is 5.07. The van der Waals surface area contributed by atoms with Crippen LogP contribution in [0.3, 0.4) is 0 Å². The van der Waals surface area contributed by atoms with Crippen molar-refractivity contribution in [3.63, 3.8) is 0 Å². The molecule has 1 aliphatic heterocycles. The summed E-state index contributed by atoms with van der Waals surface area (Å²) in [7, 11) is 2.16. The molecule has 1 atom stereocenters. The average molecular weight is 295 g/mol. The fourth-order valence-corrected chi connectivity index (χ4v) is 2.99. The van der Waals surface area contributed by atoms with Crippen LogP contribution in [0.25, 0.3) is 11.1 Å². The highest BCUT2D eigenvalue weighted by atomic mass is 16.5. The van der Waals surface area contributed by atoms with E-state index in [9.17, 15) is 0 Å². The Hall–Kier alpha value is -1.64. The number of hydrogen-bond donors (Lipinski definition) is 0. The van der Waals surface area contributed by atoms with Crippen LogP contribution in [0.15, 0.2) is 48.5 Å². The lowest BCUT2D eigenvalue weighted by Crippen LogP contribution is -2.37. The first-order valence-corrected chi connectivity index (χ1v) is 8.20. The van der Waals surface area contributed by atoms with E-state index >= 15 is 0 Å². The molecule has 0 bridgehead atoms. The summed E-state index contributed by atoms with van der Waals surface area (Å²) in [6.07, 6.45) is 4.01. The van der Waals surface area contributed by atoms with Gasteiger partial charge in [0.1, 0.15) is 6.23 Å². The molecule has 1 aliphatic rings. The minimum atomic E-state index is 0.283. The monoisotopic (exact) mass is 295 g/mol. The molecule has 2 aromatic carbocycles. The molecule has 2 aromatic rings. The number of piperidine rings is 1. The van der Waals surface area contributed by atoms with E-state index in [0.29, 0.717) is 6.61 Å². The summed E-state index contributed by atoms with van der Waals surface area (Å²) >= 11 is 0. The van der Waals surface area contributed by atoms with Gasteiger partial charge in [0.05, 0.1) is 6.61 Å². The van der Waals surface area contributed by atoms with Crippen molar-refractivity contribution in [2.45, 2.75) is 39.0 Å². The summed E-state index contributed by atoms with van der Waals surface area (Å²) in [4.78, 5) is 2.32. The number of ether oxygens (including phenoxy) is 1. The lowest BCUT2D eigenvalue weighted by atomic mass is 10.0. The van der Waals surface area contributed by atoms with E-state index in [-0.39, 0.29) is 6.23 Å². The van der Waals surface area contributed by atoms with Crippen molar-refractivity contribution in [3.8, 4) is 11.1 Å². The summed E-state index contributed by atoms with van der Waals surface area (Å²) in [5, 5.41) is 0. The number of aryl methyl sites for hydroxylation is 1. The van der Waals surface area contributed by atoms with Crippen LogP contribution in [0.4, 0.5) is 0 Å². The SMILES string of the molecule is Cc1ccc(-c2ccc(COC3CCCCN3C)cc2)cc1. The average Bonchev–Trinajstić information content (AvgIpc) is 2.55. The van der Waals surface area contributed by atoms with Crippen LogP contribution in [0.2, 0.25) is 0 Å². The third-order valence-corrected chi connectivity index (χ3v) is 4.48. The number of benzene rings is 2. The molecule has 0 N–H and O–H groups in total. The van der Waals surface area contributed by atoms with Crippen molar-refractivity contribution in [2.24, 2.45) is 0 Å². The summed E-state index contributed by atoms with van der Waals surface area (Å²) in [6.45, 7) is 3.96. The first-order chi connectivity index (χ1) is 10.7. The highest BCUT2D eigenvalue weighted by Gasteiger charge is 2.18. The molecule has 0 saturated carbocycles. The fraction of sp³-hybridized carbons (Fsp3) is 0.400. The molecule has 0 spiro atoms. The lowest BCUT2D eigenvalue weighted by Gasteiger charge is -2.32. The zero-order valence-electron chi connectivity index (χ0n) is 13.6. The number of rotatable bonds is 4. The third-order valence-electron chi connectivity index (χ3n) is 4.48. The number of hydrogen-bond acceptors (Lipinski definition) is 2. The van der Waals surface area contributed by atoms with Crippen LogP contribution < -0.4 is 0 Å². The molecule has 116 valence electrons. The molecule has 22 heavy (non-hydrogen) atoms. The van der Waals surface area contributed by atoms with Gasteiger partial charge in [-0.2, -0.15) is 0 Å². The van der Waals surface area contributed by atoms with Gasteiger partial charge in [-0.3, -0.25) is 4.90 Å². The molecule has 1 fully saturated rings. The summed E-state index contributed by atoms with van der Waals surface area (Å²) in [6, 6.07) is 17.4. The second-order valence-corrected chi connectivity index (χ2v) is 6.30. The highest BCUT2D eigenvalue weighted by molar-refractivity contribution is 5.63. The topological polar surface area (TPSA) is 12.5 Å². The van der Waals surface area contributed by atoms with Crippen LogP contribution in [-0.4, -0.2) is 24.7 Å². The van der Waals surface area contributed by atoms with E-state index in [1.165, 1.54) is 35.1 Å². The van der Waals surface area contributed by atoms with Crippen LogP contribution in [0, 0.1) is 6.92 Å². The van der Waals surface area contributed by atoms with E-state index in [1.54, 1.807) is 0 Å². The molecular weight excluding hydrogens is 270 g/mol. The first-order valence-electron chi connectivity index (χ1n) is 8.20. The van der Waals surface area contributed by atoms with Gasteiger partial charge in [0, 0.05) is 6.54 Å². The molecule has 1 saturated heterocycles. The van der Waals surface area contributed by atoms with E-state index in [1.807, 2.05) is 0 Å². The normalized spacial score (nSPS) is 19.3. The largest absolute Gasteiger partial charge is 0.358 e. The Kier molecular flexibility index (Phi) is 4.91. The second-order valence-electron chi connectivity index (χ2n) is 6.30. The van der Waals surface area contributed by atoms with Crippen molar-refractivity contribution in [3.05, 3.63) is 59.7 Å². The van der Waals surface area contributed by atoms with Crippen molar-refractivity contribution in [1.29, 1.82) is 0 Å². The molecule has 0 radical (unpaired) electrons. The molecule has 0 aromatic heterocycles. The van der Waals surface area contributed by atoms with Gasteiger partial charge in [0.2, 0.25) is 0 Å². The lowest BCUT2D eigenvalue weighted by molar-refractivity contribution is -0.0761. The standard InChI is InChI=1S/C20H25NO/c1-16-6-10-18(11-7-16)19-12-8-17(9-13-19)15-22-20-5-3-4-14-21(20)2/h6-13,20H,3-5,14-15H2,1-2H3. The molecule has 0 aliphatic carbocycles. The Morgan fingerprint density at radius 1 is 0.955 bits per heavy atom. The molecule has 1 unspecified atom stereocenters. The smallest absolute Gasteiger partial charge is 0.110 e. The van der Waals surface area contributed by atoms with E-state index in [0.717, 1.165) is 13.0 Å². The van der Waals surface area contributed by atoms with Gasteiger partial charge < -0.3 is 4.74 Å². The highest BCUT2D eigenvalue weighted by Crippen LogP contribution is 2.22. The molecular formula is C20H25NO. The minimum Gasteiger partial charge on any atom is -0.358 e. The molecule has 2 nitrogen and oxygen atoms in total. The van der Waals surface area contributed by atoms with Crippen molar-refractivity contribution >= 4 is 0 Å². The van der Waals surface area contributed by atoms with Crippen molar-refractivity contribution in [2.75, 3.05) is 13.6 Å². The minimum absolute atomic E-state index is 0.283. The fourth-order valence-electron chi connectivity index (χ4n) is 2.99. The molecule has 3 rings (SSSR count). The number of nitrogens with zero attached hydrogens (tertiary/aromatic N) is 1. The summed E-state index contributed by atoms with van der Waals surface area (Å²) < 4.78 is 6.07. The Morgan fingerprint density at radius 3 is 2.23 bits per heavy atom. The Morgan fingerprint density at radius 2 is 1.59 bits per heavy atom. The quantitative estimate of drug-likeness (QED) is 0.816. The van der Waals surface area contributed by atoms with Gasteiger partial charge in [0.15, 0.2) is 0 Å². The maximum atomic E-state index is 6.07. The van der Waals surface area contributed by atoms with Gasteiger partial charge in [0.25, 0.3) is 0 Å². The number of likely N-dealkylation sites (tertiary alicyclic amines) is 1. The predicted octanol–water partition coefficient (Wildman–Crippen LogP) is 4.62. The Bertz CT molecular complexity index is 588. The zero-order chi connectivity index (χ0) is 15.4. The Balaban J connectivity index is 1.60. The predicted molar refractivity (Wildman–Crippen MR) is 91.7 cm³/mol. The Labute approximate surface area is 133 Å². The maximum absolute atomic E-state index is 6.07. The molecule has 0 amide bonds. The van der Waals surface area contributed by atoms with Crippen LogP contribution in [-0.2, 0) is 11.3 Å². The molecule has 2 heteroatoms. The van der Waals surface area contributed by atoms with Crippen molar-refractivity contribution < 1.29 is 4.74 Å². The van der Waals surface area contributed by atoms with Gasteiger partial charge >= 0.3 is 0 Å². The maximum Gasteiger partial charge on any atom is 0.110 e. The van der Waals surface area contributed by atoms with Crippen LogP contribution in [0.5, 0.6) is 0 Å². The van der Waals surface area contributed by atoms with E-state index in [4.69, 9.17) is 4.74 Å². The van der Waals surface area contributed by atoms with Gasteiger partial charge in [-0.25, -0.2) is 0 Å². The van der Waals surface area contributed by atoms with Crippen LogP contribution >= 0.6 is 0 Å². The van der Waals surface area contributed by atoms with Gasteiger partial charge in [-0.1, -0.05) is 54.1 Å². The van der Waals surface area contributed by atoms with E-state index < -0.39 is 0 Å². The van der Waals surface area contributed by atoms with Gasteiger partial charge in [-0.15, -0.1) is 0 Å². The van der Waals surface area contributed by atoms with Crippen LogP contribution in [0.1, 0.15) is 30.4 Å². The van der Waals surface area contributed by atoms with E-state index in [2.05, 4.69) is 67.4 Å². The van der Waals surface area contributed by atoms with Gasteiger partial charge in [-0.05, 0) is 49.9 Å². The zero-order valence-corrected chi connectivity index (χ0v) is 13.6. The first kappa shape index (κ1) is 15.3. The van der Waals surface area contributed by atoms with Crippen molar-refractivity contribution in [1.82, 2.24) is 4.90 Å². The molecule has 1 heterocycles. The second kappa shape index (κ2) is 7.08. The third kappa shape index (κ3) is 3.76.